The highest BCUT2D eigenvalue weighted by Crippen LogP contribution is 2.36. The molecule has 0 bridgehead atoms. The van der Waals surface area contributed by atoms with Gasteiger partial charge in [-0.25, -0.2) is 4.57 Å². The standard InChI is InChI=1S/C33H66NO6P/c1-3-5-7-9-11-13-15-16-17-18-19-21-23-25-27-29-33(36)34-31(30-40-41(37,38)39)32(35)28-26-24-22-20-14-12-10-8-6-4-2/h16-17,31-32,35H,3-15,18-30H2,1-2H3,(H,34,36)(H2,37,38,39)/b17-16-/t31-,32+/m0/s1. The van der Waals surface area contributed by atoms with E-state index in [1.54, 1.807) is 0 Å². The molecular weight excluding hydrogens is 537 g/mol. The zero-order valence-corrected chi connectivity index (χ0v) is 27.6. The van der Waals surface area contributed by atoms with Gasteiger partial charge < -0.3 is 20.2 Å². The lowest BCUT2D eigenvalue weighted by Crippen LogP contribution is -2.46. The first-order chi connectivity index (χ1) is 19.8. The summed E-state index contributed by atoms with van der Waals surface area (Å²) < 4.78 is 15.8. The van der Waals surface area contributed by atoms with Gasteiger partial charge >= 0.3 is 7.82 Å². The second-order valence-electron chi connectivity index (χ2n) is 11.8. The summed E-state index contributed by atoms with van der Waals surface area (Å²) in [5.41, 5.74) is 0. The van der Waals surface area contributed by atoms with E-state index in [0.717, 1.165) is 51.4 Å². The van der Waals surface area contributed by atoms with Crippen molar-refractivity contribution >= 4 is 13.7 Å². The lowest BCUT2D eigenvalue weighted by molar-refractivity contribution is -0.123. The fourth-order valence-corrected chi connectivity index (χ4v) is 5.46. The van der Waals surface area contributed by atoms with Crippen LogP contribution in [0, 0.1) is 0 Å². The van der Waals surface area contributed by atoms with Crippen molar-refractivity contribution in [1.82, 2.24) is 5.32 Å². The van der Waals surface area contributed by atoms with Gasteiger partial charge in [0, 0.05) is 6.42 Å². The van der Waals surface area contributed by atoms with Crippen LogP contribution in [0.2, 0.25) is 0 Å². The molecule has 8 heteroatoms. The van der Waals surface area contributed by atoms with Gasteiger partial charge in [-0.3, -0.25) is 9.32 Å². The molecule has 0 fully saturated rings. The SMILES string of the molecule is CCCCCCCC/C=C\CCCCCCCC(=O)N[C@@H](COP(=O)(O)O)[C@H](O)CCCCCCCCCCCC. The van der Waals surface area contributed by atoms with E-state index in [9.17, 15) is 14.5 Å². The molecule has 0 heterocycles. The molecule has 7 nitrogen and oxygen atoms in total. The maximum absolute atomic E-state index is 12.5. The zero-order chi connectivity index (χ0) is 30.4. The minimum absolute atomic E-state index is 0.205. The third-order valence-electron chi connectivity index (χ3n) is 7.75. The quantitative estimate of drug-likeness (QED) is 0.0356. The first-order valence-corrected chi connectivity index (χ1v) is 18.7. The minimum atomic E-state index is -4.68. The van der Waals surface area contributed by atoms with Crippen molar-refractivity contribution in [2.45, 2.75) is 187 Å². The Bertz CT molecular complexity index is 654. The molecule has 41 heavy (non-hydrogen) atoms. The van der Waals surface area contributed by atoms with E-state index in [1.807, 2.05) is 0 Å². The van der Waals surface area contributed by atoms with Crippen LogP contribution in [0.5, 0.6) is 0 Å². The second-order valence-corrected chi connectivity index (χ2v) is 13.1. The molecule has 0 aromatic rings. The number of phosphoric ester groups is 1. The highest BCUT2D eigenvalue weighted by Gasteiger charge is 2.25. The van der Waals surface area contributed by atoms with Crippen molar-refractivity contribution in [2.24, 2.45) is 0 Å². The van der Waals surface area contributed by atoms with E-state index >= 15 is 0 Å². The summed E-state index contributed by atoms with van der Waals surface area (Å²) >= 11 is 0. The Morgan fingerprint density at radius 3 is 1.56 bits per heavy atom. The topological polar surface area (TPSA) is 116 Å². The van der Waals surface area contributed by atoms with Crippen molar-refractivity contribution < 1.29 is 28.8 Å². The number of amides is 1. The van der Waals surface area contributed by atoms with Crippen molar-refractivity contribution in [1.29, 1.82) is 0 Å². The molecule has 244 valence electrons. The average Bonchev–Trinajstić information content (AvgIpc) is 2.93. The lowest BCUT2D eigenvalue weighted by atomic mass is 10.0. The molecule has 0 rings (SSSR count). The Kier molecular flexibility index (Phi) is 28.8. The number of carbonyl (C=O) groups is 1. The number of aliphatic hydroxyl groups is 1. The molecule has 1 amide bonds. The molecule has 0 aliphatic heterocycles. The van der Waals surface area contributed by atoms with Crippen LogP contribution in [0.3, 0.4) is 0 Å². The molecule has 0 unspecified atom stereocenters. The molecule has 0 radical (unpaired) electrons. The number of hydrogen-bond acceptors (Lipinski definition) is 4. The number of hydrogen-bond donors (Lipinski definition) is 4. The summed E-state index contributed by atoms with van der Waals surface area (Å²) in [4.78, 5) is 30.7. The predicted octanol–water partition coefficient (Wildman–Crippen LogP) is 9.29. The van der Waals surface area contributed by atoms with Crippen molar-refractivity contribution in [2.75, 3.05) is 6.61 Å². The molecule has 0 aromatic heterocycles. The van der Waals surface area contributed by atoms with E-state index in [1.165, 1.54) is 96.3 Å². The Morgan fingerprint density at radius 1 is 0.683 bits per heavy atom. The van der Waals surface area contributed by atoms with E-state index < -0.39 is 26.6 Å². The van der Waals surface area contributed by atoms with Gasteiger partial charge in [-0.15, -0.1) is 0 Å². The van der Waals surface area contributed by atoms with Gasteiger partial charge in [0.1, 0.15) is 0 Å². The van der Waals surface area contributed by atoms with E-state index in [0.29, 0.717) is 12.8 Å². The fraction of sp³-hybridized carbons (Fsp3) is 0.909. The highest BCUT2D eigenvalue weighted by molar-refractivity contribution is 7.46. The van der Waals surface area contributed by atoms with Gasteiger partial charge in [-0.1, -0.05) is 142 Å². The largest absolute Gasteiger partial charge is 0.469 e. The van der Waals surface area contributed by atoms with Crippen LogP contribution in [0.1, 0.15) is 174 Å². The first kappa shape index (κ1) is 40.3. The second kappa shape index (κ2) is 29.4. The summed E-state index contributed by atoms with van der Waals surface area (Å²) in [5.74, 6) is -0.205. The van der Waals surface area contributed by atoms with Crippen LogP contribution in [0.15, 0.2) is 12.2 Å². The smallest absolute Gasteiger partial charge is 0.391 e. The normalized spacial score (nSPS) is 13.6. The van der Waals surface area contributed by atoms with Crippen LogP contribution in [-0.2, 0) is 13.9 Å². The monoisotopic (exact) mass is 603 g/mol. The number of nitrogens with one attached hydrogen (secondary N) is 1. The predicted molar refractivity (Wildman–Crippen MR) is 172 cm³/mol. The third-order valence-corrected chi connectivity index (χ3v) is 8.24. The zero-order valence-electron chi connectivity index (χ0n) is 26.7. The van der Waals surface area contributed by atoms with E-state index in [-0.39, 0.29) is 5.91 Å². The van der Waals surface area contributed by atoms with Crippen LogP contribution in [-0.4, -0.2) is 39.6 Å². The molecule has 0 aliphatic rings. The van der Waals surface area contributed by atoms with Crippen LogP contribution < -0.4 is 5.32 Å². The van der Waals surface area contributed by atoms with Crippen LogP contribution in [0.25, 0.3) is 0 Å². The third kappa shape index (κ3) is 30.5. The Hall–Kier alpha value is -0.720. The van der Waals surface area contributed by atoms with E-state index in [2.05, 4.69) is 35.8 Å². The first-order valence-electron chi connectivity index (χ1n) is 17.1. The Balaban J connectivity index is 4.02. The minimum Gasteiger partial charge on any atom is -0.391 e. The van der Waals surface area contributed by atoms with E-state index in [4.69, 9.17) is 9.79 Å². The van der Waals surface area contributed by atoms with Gasteiger partial charge in [-0.2, -0.15) is 0 Å². The molecule has 0 aromatic carbocycles. The molecule has 0 aliphatic carbocycles. The maximum Gasteiger partial charge on any atom is 0.469 e. The number of aliphatic hydroxyl groups excluding tert-OH is 1. The van der Waals surface area contributed by atoms with Crippen molar-refractivity contribution in [3.8, 4) is 0 Å². The number of phosphoric acid groups is 1. The molecule has 2 atom stereocenters. The summed E-state index contributed by atoms with van der Waals surface area (Å²) in [6.07, 6.45) is 31.9. The average molecular weight is 604 g/mol. The maximum atomic E-state index is 12.5. The van der Waals surface area contributed by atoms with Crippen LogP contribution >= 0.6 is 7.82 Å². The number of allylic oxidation sites excluding steroid dienone is 2. The van der Waals surface area contributed by atoms with Crippen LogP contribution in [0.4, 0.5) is 0 Å². The molecule has 4 N–H and O–H groups in total. The summed E-state index contributed by atoms with van der Waals surface area (Å²) in [6, 6.07) is -0.822. The highest BCUT2D eigenvalue weighted by atomic mass is 31.2. The van der Waals surface area contributed by atoms with Gasteiger partial charge in [0.15, 0.2) is 0 Å². The van der Waals surface area contributed by atoms with Gasteiger partial charge in [0.25, 0.3) is 0 Å². The number of unbranched alkanes of at least 4 members (excludes halogenated alkanes) is 20. The molecular formula is C33H66NO6P. The summed E-state index contributed by atoms with van der Waals surface area (Å²) in [7, 11) is -4.68. The van der Waals surface area contributed by atoms with Gasteiger partial charge in [-0.05, 0) is 38.5 Å². The lowest BCUT2D eigenvalue weighted by Gasteiger charge is -2.24. The molecule has 0 saturated carbocycles. The summed E-state index contributed by atoms with van der Waals surface area (Å²) in [5, 5.41) is 13.4. The fourth-order valence-electron chi connectivity index (χ4n) is 5.10. The van der Waals surface area contributed by atoms with Gasteiger partial charge in [0.05, 0.1) is 18.8 Å². The molecule has 0 spiro atoms. The Morgan fingerprint density at radius 2 is 1.10 bits per heavy atom. The number of carbonyl (C=O) groups excluding carboxylic acids is 1. The molecule has 0 saturated heterocycles. The summed E-state index contributed by atoms with van der Waals surface area (Å²) in [6.45, 7) is 4.07. The Labute approximate surface area is 252 Å². The van der Waals surface area contributed by atoms with Crippen molar-refractivity contribution in [3.05, 3.63) is 12.2 Å². The number of rotatable bonds is 31. The van der Waals surface area contributed by atoms with Crippen molar-refractivity contribution in [3.63, 3.8) is 0 Å². The van der Waals surface area contributed by atoms with Gasteiger partial charge in [0.2, 0.25) is 5.91 Å².